The van der Waals surface area contributed by atoms with Gasteiger partial charge in [-0.1, -0.05) is 6.92 Å². The van der Waals surface area contributed by atoms with E-state index < -0.39 is 52.1 Å². The summed E-state index contributed by atoms with van der Waals surface area (Å²) in [6, 6.07) is 11.0. The number of thiol groups is 1. The number of imide groups is 1. The van der Waals surface area contributed by atoms with Crippen LogP contribution in [0, 0.1) is 17.1 Å². The van der Waals surface area contributed by atoms with E-state index in [4.69, 9.17) is 17.4 Å². The molecule has 7 rings (SSSR count). The molecule has 4 fully saturated rings. The van der Waals surface area contributed by atoms with Gasteiger partial charge in [0.15, 0.2) is 11.2 Å². The number of piperidine rings is 1. The Morgan fingerprint density at radius 2 is 1.83 bits per heavy atom. The highest BCUT2D eigenvalue weighted by Crippen LogP contribution is 2.45. The molecule has 1 spiro atoms. The molecule has 0 radical (unpaired) electrons. The molecule has 4 amide bonds. The smallest absolute Gasteiger partial charge is 0.419 e. The van der Waals surface area contributed by atoms with Crippen molar-refractivity contribution >= 4 is 59.0 Å². The number of anilines is 4. The summed E-state index contributed by atoms with van der Waals surface area (Å²) >= 11 is 4.70. The molecule has 3 aliphatic heterocycles. The van der Waals surface area contributed by atoms with Crippen LogP contribution in [0.4, 0.5) is 40.3 Å². The van der Waals surface area contributed by atoms with Gasteiger partial charge in [0.1, 0.15) is 35.8 Å². The molecule has 4 heterocycles. The monoisotopic (exact) mass is 851 g/mol. The Morgan fingerprint density at radius 3 is 2.52 bits per heavy atom. The molecule has 1 aromatic heterocycles. The van der Waals surface area contributed by atoms with Gasteiger partial charge in [-0.15, -0.1) is 12.6 Å². The SMILES string of the molecule is CCc1cc(N2C(S)N(c3cnc(C#N)c(C(F)(F)F)c3)C(=O)C2(C)C)ccc1OCCN1CCN(CC(=O)Nc2cc(F)cc(NC3CCC(=O)NC3=O)c2)C2(CC2)C1. The lowest BCUT2D eigenvalue weighted by molar-refractivity contribution is -0.138. The van der Waals surface area contributed by atoms with Crippen LogP contribution in [0.25, 0.3) is 0 Å². The minimum atomic E-state index is -4.85. The van der Waals surface area contributed by atoms with Crippen molar-refractivity contribution in [3.8, 4) is 11.8 Å². The highest BCUT2D eigenvalue weighted by molar-refractivity contribution is 7.81. The largest absolute Gasteiger partial charge is 0.492 e. The summed E-state index contributed by atoms with van der Waals surface area (Å²) in [7, 11) is 0. The second kappa shape index (κ2) is 16.5. The van der Waals surface area contributed by atoms with E-state index in [2.05, 4.69) is 30.7 Å². The summed E-state index contributed by atoms with van der Waals surface area (Å²) in [5, 5.41) is 17.2. The number of aromatic nitrogens is 1. The number of nitriles is 1. The molecule has 3 aromatic rings. The maximum absolute atomic E-state index is 14.5. The molecular formula is C41H45F4N9O5S. The van der Waals surface area contributed by atoms with Gasteiger partial charge < -0.3 is 20.3 Å². The van der Waals surface area contributed by atoms with E-state index in [-0.39, 0.29) is 48.1 Å². The first-order valence-corrected chi connectivity index (χ1v) is 20.2. The van der Waals surface area contributed by atoms with E-state index in [1.807, 2.05) is 19.1 Å². The van der Waals surface area contributed by atoms with Gasteiger partial charge in [-0.25, -0.2) is 9.37 Å². The van der Waals surface area contributed by atoms with Gasteiger partial charge >= 0.3 is 6.18 Å². The predicted molar refractivity (Wildman–Crippen MR) is 217 cm³/mol. The number of nitrogens with one attached hydrogen (secondary N) is 3. The van der Waals surface area contributed by atoms with E-state index in [0.29, 0.717) is 49.8 Å². The number of benzene rings is 2. The number of pyridine rings is 1. The van der Waals surface area contributed by atoms with Gasteiger partial charge in [0.2, 0.25) is 17.7 Å². The number of alkyl halides is 3. The van der Waals surface area contributed by atoms with Crippen LogP contribution in [0.2, 0.25) is 0 Å². The Balaban J connectivity index is 0.936. The lowest BCUT2D eigenvalue weighted by atomic mass is 10.0. The van der Waals surface area contributed by atoms with Gasteiger partial charge in [0, 0.05) is 55.2 Å². The highest BCUT2D eigenvalue weighted by atomic mass is 32.1. The van der Waals surface area contributed by atoms with Gasteiger partial charge in [-0.05, 0) is 87.6 Å². The van der Waals surface area contributed by atoms with Crippen LogP contribution >= 0.6 is 12.6 Å². The van der Waals surface area contributed by atoms with Crippen molar-refractivity contribution in [1.29, 1.82) is 5.26 Å². The van der Waals surface area contributed by atoms with Gasteiger partial charge in [0.05, 0.1) is 24.0 Å². The molecule has 4 aliphatic rings. The molecule has 0 bridgehead atoms. The number of carbonyl (C=O) groups is 4. The Bertz CT molecular complexity index is 2250. The Kier molecular flexibility index (Phi) is 11.8. The average molecular weight is 852 g/mol. The van der Waals surface area contributed by atoms with Gasteiger partial charge in [0.25, 0.3) is 5.91 Å². The zero-order valence-electron chi connectivity index (χ0n) is 33.2. The quantitative estimate of drug-likeness (QED) is 0.111. The second-order valence-electron chi connectivity index (χ2n) is 16.0. The summed E-state index contributed by atoms with van der Waals surface area (Å²) in [6.07, 6.45) is -0.866. The second-order valence-corrected chi connectivity index (χ2v) is 16.5. The number of amides is 4. The number of rotatable bonds is 12. The zero-order valence-corrected chi connectivity index (χ0v) is 34.1. The first kappa shape index (κ1) is 42.7. The number of ether oxygens (including phenoxy) is 1. The lowest BCUT2D eigenvalue weighted by Crippen LogP contribution is -2.57. The molecule has 14 nitrogen and oxygen atoms in total. The maximum Gasteiger partial charge on any atom is 0.419 e. The normalized spacial score (nSPS) is 21.5. The van der Waals surface area contributed by atoms with Crippen LogP contribution in [0.1, 0.15) is 63.3 Å². The van der Waals surface area contributed by atoms with E-state index >= 15 is 0 Å². The molecular weight excluding hydrogens is 807 g/mol. The molecule has 2 atom stereocenters. The predicted octanol–water partition coefficient (Wildman–Crippen LogP) is 4.90. The Hall–Kier alpha value is -5.45. The first-order chi connectivity index (χ1) is 28.4. The Morgan fingerprint density at radius 1 is 1.08 bits per heavy atom. The zero-order chi connectivity index (χ0) is 43.1. The molecule has 2 unspecified atom stereocenters. The number of hydrogen-bond donors (Lipinski definition) is 4. The third-order valence-electron chi connectivity index (χ3n) is 11.5. The number of halogens is 4. The average Bonchev–Trinajstić information content (AvgIpc) is 3.92. The summed E-state index contributed by atoms with van der Waals surface area (Å²) in [5.41, 5.74) is -2.43. The minimum Gasteiger partial charge on any atom is -0.492 e. The number of hydrogen-bond acceptors (Lipinski definition) is 12. The number of carbonyl (C=O) groups excluding carboxylic acids is 4. The highest BCUT2D eigenvalue weighted by Gasteiger charge is 2.53. The fraction of sp³-hybridized carbons (Fsp3) is 0.463. The molecule has 3 N–H and O–H groups in total. The molecule has 3 saturated heterocycles. The minimum absolute atomic E-state index is 0.129. The number of nitrogens with zero attached hydrogens (tertiary/aromatic N) is 6. The van der Waals surface area contributed by atoms with Crippen LogP contribution in [0.3, 0.4) is 0 Å². The van der Waals surface area contributed by atoms with Crippen LogP contribution in [-0.4, -0.2) is 100 Å². The summed E-state index contributed by atoms with van der Waals surface area (Å²) in [5.74, 6) is -1.54. The topological polar surface area (TPSA) is 163 Å². The summed E-state index contributed by atoms with van der Waals surface area (Å²) in [6.45, 7) is 8.56. The van der Waals surface area contributed by atoms with Crippen molar-refractivity contribution < 1.29 is 41.5 Å². The summed E-state index contributed by atoms with van der Waals surface area (Å²) in [4.78, 5) is 61.6. The molecule has 318 valence electrons. The fourth-order valence-corrected chi connectivity index (χ4v) is 8.88. The first-order valence-electron chi connectivity index (χ1n) is 19.6. The third kappa shape index (κ3) is 8.72. The van der Waals surface area contributed by atoms with Crippen LogP contribution in [0.15, 0.2) is 48.7 Å². The summed E-state index contributed by atoms with van der Waals surface area (Å²) < 4.78 is 62.1. The van der Waals surface area contributed by atoms with E-state index in [9.17, 15) is 42.0 Å². The lowest BCUT2D eigenvalue weighted by Gasteiger charge is -2.41. The van der Waals surface area contributed by atoms with Gasteiger partial charge in [-0.3, -0.25) is 39.2 Å². The molecule has 19 heteroatoms. The fourth-order valence-electron chi connectivity index (χ4n) is 8.22. The molecule has 60 heavy (non-hydrogen) atoms. The molecule has 1 aliphatic carbocycles. The van der Waals surface area contributed by atoms with Crippen molar-refractivity contribution in [2.45, 2.75) is 81.7 Å². The molecule has 2 aromatic carbocycles. The van der Waals surface area contributed by atoms with Gasteiger partial charge in [-0.2, -0.15) is 18.4 Å². The van der Waals surface area contributed by atoms with E-state index in [1.165, 1.54) is 18.2 Å². The molecule has 1 saturated carbocycles. The van der Waals surface area contributed by atoms with Crippen LogP contribution < -0.4 is 30.5 Å². The van der Waals surface area contributed by atoms with Crippen molar-refractivity contribution in [3.63, 3.8) is 0 Å². The number of aryl methyl sites for hydroxylation is 1. The van der Waals surface area contributed by atoms with Crippen LogP contribution in [-0.2, 0) is 31.8 Å². The number of piperazine rings is 1. The van der Waals surface area contributed by atoms with Crippen molar-refractivity contribution in [2.75, 3.05) is 59.8 Å². The van der Waals surface area contributed by atoms with E-state index in [0.717, 1.165) is 42.1 Å². The van der Waals surface area contributed by atoms with Crippen molar-refractivity contribution in [3.05, 3.63) is 71.3 Å². The van der Waals surface area contributed by atoms with Crippen molar-refractivity contribution in [2.24, 2.45) is 0 Å². The van der Waals surface area contributed by atoms with Crippen molar-refractivity contribution in [1.82, 2.24) is 20.1 Å². The maximum atomic E-state index is 14.5. The van der Waals surface area contributed by atoms with Crippen LogP contribution in [0.5, 0.6) is 5.75 Å². The standard InChI is InChI=1S/C41H45F4N9O5S/c1-4-24-15-28(54-38(60)53(37(58)39(54,2)3)29-19-30(41(43,44)45)32(20-46)47-21-29)5-7-33(24)59-14-13-51-11-12-52(40(23-51)9-10-40)22-35(56)49-27-17-25(42)16-26(18-27)48-31-6-8-34(55)50-36(31)57/h5,7,15-19,21,31,38,48,60H,4,6,8-14,22-23H2,1-3H3,(H,49,56)(H,50,55,57). The third-order valence-corrected chi connectivity index (χ3v) is 12.0. The van der Waals surface area contributed by atoms with E-state index in [1.54, 1.807) is 30.9 Å². The Labute approximate surface area is 349 Å².